The standard InChI is InChI=1S/C12H14FN3O2/c13-7-1-2-11(10(14)3-7)18-12(17)16-6-8-4-9(16)5-15-8/h1-3,8-9,15H,4-6,14H2. The molecule has 5 nitrogen and oxygen atoms in total. The fraction of sp³-hybridized carbons (Fsp3) is 0.417. The first-order valence-corrected chi connectivity index (χ1v) is 5.90. The van der Waals surface area contributed by atoms with Gasteiger partial charge in [-0.25, -0.2) is 9.18 Å². The van der Waals surface area contributed by atoms with Gasteiger partial charge in [-0.3, -0.25) is 0 Å². The molecule has 0 aromatic heterocycles. The summed E-state index contributed by atoms with van der Waals surface area (Å²) in [4.78, 5) is 13.7. The second kappa shape index (κ2) is 4.13. The summed E-state index contributed by atoms with van der Waals surface area (Å²) in [5.41, 5.74) is 5.73. The SMILES string of the molecule is Nc1cc(F)ccc1OC(=O)N1CC2CC1CN2. The number of benzene rings is 1. The van der Waals surface area contributed by atoms with Gasteiger partial charge in [0.25, 0.3) is 0 Å². The van der Waals surface area contributed by atoms with Crippen molar-refractivity contribution in [1.82, 2.24) is 10.2 Å². The second-order valence-corrected chi connectivity index (χ2v) is 4.70. The van der Waals surface area contributed by atoms with Crippen molar-refractivity contribution in [1.29, 1.82) is 0 Å². The molecule has 3 N–H and O–H groups in total. The van der Waals surface area contributed by atoms with Crippen LogP contribution >= 0.6 is 0 Å². The fourth-order valence-corrected chi connectivity index (χ4v) is 2.55. The van der Waals surface area contributed by atoms with E-state index in [0.29, 0.717) is 12.6 Å². The number of hydrogen-bond acceptors (Lipinski definition) is 4. The number of nitrogen functional groups attached to an aromatic ring is 1. The second-order valence-electron chi connectivity index (χ2n) is 4.70. The lowest BCUT2D eigenvalue weighted by atomic mass is 10.2. The number of likely N-dealkylation sites (tertiary alicyclic amines) is 1. The highest BCUT2D eigenvalue weighted by molar-refractivity contribution is 5.74. The Morgan fingerprint density at radius 1 is 1.56 bits per heavy atom. The van der Waals surface area contributed by atoms with Gasteiger partial charge in [0, 0.05) is 31.2 Å². The highest BCUT2D eigenvalue weighted by Gasteiger charge is 2.41. The Morgan fingerprint density at radius 3 is 3.00 bits per heavy atom. The molecule has 96 valence electrons. The van der Waals surface area contributed by atoms with Gasteiger partial charge in [0.2, 0.25) is 0 Å². The van der Waals surface area contributed by atoms with E-state index in [-0.39, 0.29) is 17.5 Å². The van der Waals surface area contributed by atoms with E-state index in [4.69, 9.17) is 10.5 Å². The molecule has 2 heterocycles. The van der Waals surface area contributed by atoms with Crippen molar-refractivity contribution in [3.8, 4) is 5.75 Å². The van der Waals surface area contributed by atoms with Gasteiger partial charge in [0.15, 0.2) is 5.75 Å². The van der Waals surface area contributed by atoms with Crippen LogP contribution in [-0.2, 0) is 0 Å². The molecule has 3 rings (SSSR count). The van der Waals surface area contributed by atoms with Gasteiger partial charge in [0.1, 0.15) is 5.82 Å². The summed E-state index contributed by atoms with van der Waals surface area (Å²) in [6.45, 7) is 1.46. The number of amides is 1. The number of fused-ring (bicyclic) bond motifs is 2. The van der Waals surface area contributed by atoms with Crippen molar-refractivity contribution < 1.29 is 13.9 Å². The maximum atomic E-state index is 12.9. The molecule has 0 radical (unpaired) electrons. The van der Waals surface area contributed by atoms with Gasteiger partial charge in [-0.2, -0.15) is 0 Å². The van der Waals surface area contributed by atoms with E-state index in [2.05, 4.69) is 5.32 Å². The first kappa shape index (κ1) is 11.3. The number of nitrogens with two attached hydrogens (primary N) is 1. The lowest BCUT2D eigenvalue weighted by Gasteiger charge is -2.26. The molecule has 0 spiro atoms. The summed E-state index contributed by atoms with van der Waals surface area (Å²) < 4.78 is 18.1. The van der Waals surface area contributed by atoms with Gasteiger partial charge < -0.3 is 20.7 Å². The van der Waals surface area contributed by atoms with E-state index in [1.807, 2.05) is 0 Å². The highest BCUT2D eigenvalue weighted by atomic mass is 19.1. The molecule has 2 saturated heterocycles. The minimum Gasteiger partial charge on any atom is -0.408 e. The first-order valence-electron chi connectivity index (χ1n) is 5.90. The van der Waals surface area contributed by atoms with Crippen LogP contribution in [-0.4, -0.2) is 36.2 Å². The number of hydrogen-bond donors (Lipinski definition) is 2. The third kappa shape index (κ3) is 1.88. The topological polar surface area (TPSA) is 67.6 Å². The Bertz CT molecular complexity index is 494. The number of carbonyl (C=O) groups is 1. The maximum absolute atomic E-state index is 12.9. The third-order valence-corrected chi connectivity index (χ3v) is 3.46. The number of halogens is 1. The molecule has 0 aliphatic carbocycles. The van der Waals surface area contributed by atoms with Crippen molar-refractivity contribution in [2.45, 2.75) is 18.5 Å². The van der Waals surface area contributed by atoms with E-state index >= 15 is 0 Å². The molecular weight excluding hydrogens is 237 g/mol. The lowest BCUT2D eigenvalue weighted by molar-refractivity contribution is 0.141. The lowest BCUT2D eigenvalue weighted by Crippen LogP contribution is -2.47. The van der Waals surface area contributed by atoms with Crippen LogP contribution in [0.4, 0.5) is 14.9 Å². The van der Waals surface area contributed by atoms with Crippen LogP contribution in [0.1, 0.15) is 6.42 Å². The van der Waals surface area contributed by atoms with E-state index in [1.54, 1.807) is 4.90 Å². The van der Waals surface area contributed by atoms with Crippen molar-refractivity contribution >= 4 is 11.8 Å². The van der Waals surface area contributed by atoms with Gasteiger partial charge >= 0.3 is 6.09 Å². The number of rotatable bonds is 1. The smallest absolute Gasteiger partial charge is 0.408 e. The van der Waals surface area contributed by atoms with Gasteiger partial charge in [-0.05, 0) is 18.6 Å². The zero-order valence-corrected chi connectivity index (χ0v) is 9.73. The summed E-state index contributed by atoms with van der Waals surface area (Å²) in [6, 6.07) is 4.30. The summed E-state index contributed by atoms with van der Waals surface area (Å²) in [5, 5.41) is 3.30. The molecule has 0 saturated carbocycles. The number of ether oxygens (including phenoxy) is 1. The van der Waals surface area contributed by atoms with Crippen LogP contribution in [0.2, 0.25) is 0 Å². The average Bonchev–Trinajstić information content (AvgIpc) is 2.94. The van der Waals surface area contributed by atoms with Gasteiger partial charge in [-0.15, -0.1) is 0 Å². The first-order chi connectivity index (χ1) is 8.63. The van der Waals surface area contributed by atoms with Crippen molar-refractivity contribution in [3.05, 3.63) is 24.0 Å². The van der Waals surface area contributed by atoms with Crippen LogP contribution in [0.5, 0.6) is 5.75 Å². The Morgan fingerprint density at radius 2 is 2.39 bits per heavy atom. The number of nitrogens with zero attached hydrogens (tertiary/aromatic N) is 1. The monoisotopic (exact) mass is 251 g/mol. The Balaban J connectivity index is 1.71. The number of anilines is 1. The zero-order valence-electron chi connectivity index (χ0n) is 9.73. The van der Waals surface area contributed by atoms with Crippen LogP contribution in [0.3, 0.4) is 0 Å². The normalized spacial score (nSPS) is 25.5. The third-order valence-electron chi connectivity index (χ3n) is 3.46. The van der Waals surface area contributed by atoms with Crippen molar-refractivity contribution in [3.63, 3.8) is 0 Å². The molecule has 18 heavy (non-hydrogen) atoms. The quantitative estimate of drug-likeness (QED) is 0.729. The largest absolute Gasteiger partial charge is 0.415 e. The van der Waals surface area contributed by atoms with E-state index in [9.17, 15) is 9.18 Å². The fourth-order valence-electron chi connectivity index (χ4n) is 2.55. The molecule has 2 atom stereocenters. The maximum Gasteiger partial charge on any atom is 0.415 e. The van der Waals surface area contributed by atoms with Crippen molar-refractivity contribution in [2.75, 3.05) is 18.8 Å². The van der Waals surface area contributed by atoms with E-state index in [0.717, 1.165) is 19.0 Å². The van der Waals surface area contributed by atoms with Crippen LogP contribution < -0.4 is 15.8 Å². The van der Waals surface area contributed by atoms with E-state index in [1.165, 1.54) is 12.1 Å². The molecule has 2 fully saturated rings. The van der Waals surface area contributed by atoms with Crippen LogP contribution in [0.15, 0.2) is 18.2 Å². The van der Waals surface area contributed by atoms with Gasteiger partial charge in [0.05, 0.1) is 5.69 Å². The summed E-state index contributed by atoms with van der Waals surface area (Å²) in [6.07, 6.45) is 0.552. The predicted molar refractivity (Wildman–Crippen MR) is 63.7 cm³/mol. The Hall–Kier alpha value is -1.82. The van der Waals surface area contributed by atoms with Crippen molar-refractivity contribution in [2.24, 2.45) is 0 Å². The molecule has 1 aromatic rings. The number of piperazine rings is 1. The number of carbonyl (C=O) groups excluding carboxylic acids is 1. The summed E-state index contributed by atoms with van der Waals surface area (Å²) in [5.74, 6) is -0.242. The molecular formula is C12H14FN3O2. The molecule has 2 aliphatic rings. The Labute approximate surface area is 104 Å². The number of nitrogens with one attached hydrogen (secondary N) is 1. The summed E-state index contributed by atoms with van der Waals surface area (Å²) in [7, 11) is 0. The Kier molecular flexibility index (Phi) is 2.59. The predicted octanol–water partition coefficient (Wildman–Crippen LogP) is 0.953. The van der Waals surface area contributed by atoms with Crippen LogP contribution in [0.25, 0.3) is 0 Å². The molecule has 2 unspecified atom stereocenters. The zero-order chi connectivity index (χ0) is 12.7. The molecule has 1 aromatic carbocycles. The average molecular weight is 251 g/mol. The van der Waals surface area contributed by atoms with E-state index < -0.39 is 11.9 Å². The van der Waals surface area contributed by atoms with Gasteiger partial charge in [-0.1, -0.05) is 0 Å². The highest BCUT2D eigenvalue weighted by Crippen LogP contribution is 2.27. The minimum atomic E-state index is -0.447. The van der Waals surface area contributed by atoms with Crippen LogP contribution in [0, 0.1) is 5.82 Å². The molecule has 1 amide bonds. The molecule has 2 bridgehead atoms. The molecule has 6 heteroatoms. The minimum absolute atomic E-state index is 0.130. The molecule has 2 aliphatic heterocycles. The summed E-state index contributed by atoms with van der Waals surface area (Å²) >= 11 is 0.